The summed E-state index contributed by atoms with van der Waals surface area (Å²) in [4.78, 5) is 21.1. The zero-order chi connectivity index (χ0) is 21.1. The molecule has 1 amide bonds. The first-order chi connectivity index (χ1) is 14.4. The van der Waals surface area contributed by atoms with Crippen molar-refractivity contribution in [2.75, 3.05) is 10.0 Å². The van der Waals surface area contributed by atoms with Gasteiger partial charge < -0.3 is 5.32 Å². The number of benzene rings is 2. The summed E-state index contributed by atoms with van der Waals surface area (Å²) in [5.74, 6) is -0.246. The number of hydrogen-bond acceptors (Lipinski definition) is 6. The number of rotatable bonds is 6. The molecule has 152 valence electrons. The number of carbonyl (C=O) groups excluding carboxylic acids is 1. The van der Waals surface area contributed by atoms with Crippen molar-refractivity contribution >= 4 is 49.0 Å². The molecule has 0 saturated heterocycles. The molecule has 2 heterocycles. The lowest BCUT2D eigenvalue weighted by Crippen LogP contribution is -2.15. The van der Waals surface area contributed by atoms with Crippen molar-refractivity contribution in [2.45, 2.75) is 18.2 Å². The average molecular weight is 439 g/mol. The molecule has 0 aliphatic carbocycles. The van der Waals surface area contributed by atoms with Gasteiger partial charge in [0.05, 0.1) is 28.2 Å². The number of pyridine rings is 1. The molecule has 0 atom stereocenters. The van der Waals surface area contributed by atoms with Gasteiger partial charge in [-0.15, -0.1) is 11.3 Å². The van der Waals surface area contributed by atoms with Gasteiger partial charge in [0.1, 0.15) is 0 Å². The van der Waals surface area contributed by atoms with Crippen LogP contribution >= 0.6 is 11.3 Å². The van der Waals surface area contributed by atoms with E-state index in [1.54, 1.807) is 35.8 Å². The van der Waals surface area contributed by atoms with Gasteiger partial charge in [-0.3, -0.25) is 14.5 Å². The fourth-order valence-corrected chi connectivity index (χ4v) is 4.86. The van der Waals surface area contributed by atoms with Crippen molar-refractivity contribution in [3.63, 3.8) is 0 Å². The van der Waals surface area contributed by atoms with Crippen molar-refractivity contribution in [1.29, 1.82) is 0 Å². The van der Waals surface area contributed by atoms with Crippen LogP contribution in [0.5, 0.6) is 0 Å². The van der Waals surface area contributed by atoms with Gasteiger partial charge in [0.25, 0.3) is 10.0 Å². The highest BCUT2D eigenvalue weighted by atomic mass is 32.2. The highest BCUT2D eigenvalue weighted by molar-refractivity contribution is 7.93. The van der Waals surface area contributed by atoms with Crippen molar-refractivity contribution in [3.8, 4) is 0 Å². The monoisotopic (exact) mass is 438 g/mol. The molecule has 0 aliphatic rings. The number of hydrogen-bond donors (Lipinski definition) is 2. The van der Waals surface area contributed by atoms with Gasteiger partial charge in [-0.25, -0.2) is 13.4 Å². The third-order valence-corrected chi connectivity index (χ3v) is 6.66. The molecule has 30 heavy (non-hydrogen) atoms. The lowest BCUT2D eigenvalue weighted by molar-refractivity contribution is -0.115. The van der Waals surface area contributed by atoms with Crippen LogP contribution in [-0.2, 0) is 21.2 Å². The van der Waals surface area contributed by atoms with Crippen molar-refractivity contribution in [3.05, 3.63) is 77.4 Å². The van der Waals surface area contributed by atoms with E-state index >= 15 is 0 Å². The predicted molar refractivity (Wildman–Crippen MR) is 118 cm³/mol. The number of amides is 1. The molecule has 7 nitrogen and oxygen atoms in total. The highest BCUT2D eigenvalue weighted by Gasteiger charge is 2.17. The third-order valence-electron chi connectivity index (χ3n) is 4.37. The molecule has 0 radical (unpaired) electrons. The van der Waals surface area contributed by atoms with Gasteiger partial charge in [0, 0.05) is 17.0 Å². The smallest absolute Gasteiger partial charge is 0.263 e. The number of nitrogens with one attached hydrogen (secondary N) is 2. The van der Waals surface area contributed by atoms with Crippen molar-refractivity contribution in [1.82, 2.24) is 9.97 Å². The Morgan fingerprint density at radius 2 is 1.87 bits per heavy atom. The Kier molecular flexibility index (Phi) is 5.47. The summed E-state index contributed by atoms with van der Waals surface area (Å²) >= 11 is 1.13. The van der Waals surface area contributed by atoms with E-state index in [1.165, 1.54) is 0 Å². The SMILES string of the molecule is Cc1ccc(S(=O)(=O)Nc2nc(CC(=O)Nc3cccc4ncccc34)cs2)cc1. The second-order valence-electron chi connectivity index (χ2n) is 6.66. The molecule has 4 rings (SSSR count). The van der Waals surface area contributed by atoms with E-state index in [0.717, 1.165) is 27.8 Å². The highest BCUT2D eigenvalue weighted by Crippen LogP contribution is 2.23. The second-order valence-corrected chi connectivity index (χ2v) is 9.20. The Hall–Kier alpha value is -3.30. The van der Waals surface area contributed by atoms with Gasteiger partial charge in [0.2, 0.25) is 5.91 Å². The zero-order valence-electron chi connectivity index (χ0n) is 16.0. The molecular formula is C21H18N4O3S2. The average Bonchev–Trinajstić information content (AvgIpc) is 3.14. The Morgan fingerprint density at radius 3 is 2.67 bits per heavy atom. The molecule has 2 aromatic carbocycles. The summed E-state index contributed by atoms with van der Waals surface area (Å²) in [7, 11) is -3.73. The van der Waals surface area contributed by atoms with Crippen LogP contribution in [0.2, 0.25) is 0 Å². The zero-order valence-corrected chi connectivity index (χ0v) is 17.6. The lowest BCUT2D eigenvalue weighted by atomic mass is 10.2. The maximum atomic E-state index is 12.5. The van der Waals surface area contributed by atoms with Crippen LogP contribution in [0.1, 0.15) is 11.3 Å². The third kappa shape index (κ3) is 4.47. The Bertz CT molecular complexity index is 1310. The van der Waals surface area contributed by atoms with Crippen molar-refractivity contribution < 1.29 is 13.2 Å². The summed E-state index contributed by atoms with van der Waals surface area (Å²) in [6.45, 7) is 1.89. The number of nitrogens with zero attached hydrogens (tertiary/aromatic N) is 2. The summed E-state index contributed by atoms with van der Waals surface area (Å²) in [6, 6.07) is 15.7. The molecule has 9 heteroatoms. The Morgan fingerprint density at radius 1 is 1.07 bits per heavy atom. The van der Waals surface area contributed by atoms with Crippen LogP contribution < -0.4 is 10.0 Å². The molecule has 0 aliphatic heterocycles. The molecule has 0 unspecified atom stereocenters. The van der Waals surface area contributed by atoms with E-state index in [1.807, 2.05) is 37.3 Å². The number of sulfonamides is 1. The van der Waals surface area contributed by atoms with Gasteiger partial charge >= 0.3 is 0 Å². The maximum Gasteiger partial charge on any atom is 0.263 e. The van der Waals surface area contributed by atoms with Gasteiger partial charge in [-0.1, -0.05) is 23.8 Å². The fourth-order valence-electron chi connectivity index (χ4n) is 2.90. The van der Waals surface area contributed by atoms with E-state index in [9.17, 15) is 13.2 Å². The molecule has 2 N–H and O–H groups in total. The van der Waals surface area contributed by atoms with Crippen LogP contribution in [-0.4, -0.2) is 24.3 Å². The van der Waals surface area contributed by atoms with E-state index in [0.29, 0.717) is 11.4 Å². The van der Waals surface area contributed by atoms with Crippen LogP contribution in [0.3, 0.4) is 0 Å². The van der Waals surface area contributed by atoms with E-state index in [-0.39, 0.29) is 22.4 Å². The molecule has 0 bridgehead atoms. The fraction of sp³-hybridized carbons (Fsp3) is 0.0952. The van der Waals surface area contributed by atoms with E-state index in [4.69, 9.17) is 0 Å². The topological polar surface area (TPSA) is 101 Å². The summed E-state index contributed by atoms with van der Waals surface area (Å²) in [6.07, 6.45) is 1.72. The van der Waals surface area contributed by atoms with Crippen LogP contribution in [0, 0.1) is 6.92 Å². The number of fused-ring (bicyclic) bond motifs is 1. The minimum Gasteiger partial charge on any atom is -0.325 e. The van der Waals surface area contributed by atoms with Crippen LogP contribution in [0.25, 0.3) is 10.9 Å². The minimum absolute atomic E-state index is 0.0272. The van der Waals surface area contributed by atoms with Crippen LogP contribution in [0.4, 0.5) is 10.8 Å². The van der Waals surface area contributed by atoms with E-state index < -0.39 is 10.0 Å². The normalized spacial score (nSPS) is 11.4. The number of aryl methyl sites for hydroxylation is 1. The maximum absolute atomic E-state index is 12.5. The second kappa shape index (κ2) is 8.21. The summed E-state index contributed by atoms with van der Waals surface area (Å²) in [5, 5.41) is 5.59. The van der Waals surface area contributed by atoms with Gasteiger partial charge in [0.15, 0.2) is 5.13 Å². The van der Waals surface area contributed by atoms with E-state index in [2.05, 4.69) is 20.0 Å². The standard InChI is InChI=1S/C21H18N4O3S2/c1-14-7-9-16(10-8-14)30(27,28)25-21-23-15(13-29-21)12-20(26)24-19-6-2-5-18-17(19)4-3-11-22-18/h2-11,13H,12H2,1H3,(H,23,25)(H,24,26). The number of aromatic nitrogens is 2. The Labute approximate surface area is 177 Å². The molecule has 0 saturated carbocycles. The predicted octanol–water partition coefficient (Wildman–Crippen LogP) is 3.98. The molecule has 0 fully saturated rings. The molecule has 0 spiro atoms. The first-order valence-electron chi connectivity index (χ1n) is 9.08. The number of thiazole rings is 1. The summed E-state index contributed by atoms with van der Waals surface area (Å²) < 4.78 is 27.4. The quantitative estimate of drug-likeness (QED) is 0.474. The molecular weight excluding hydrogens is 420 g/mol. The molecule has 4 aromatic rings. The van der Waals surface area contributed by atoms with Crippen LogP contribution in [0.15, 0.2) is 71.1 Å². The van der Waals surface area contributed by atoms with Crippen molar-refractivity contribution in [2.24, 2.45) is 0 Å². The number of carbonyl (C=O) groups is 1. The minimum atomic E-state index is -3.73. The lowest BCUT2D eigenvalue weighted by Gasteiger charge is -2.07. The van der Waals surface area contributed by atoms with Gasteiger partial charge in [-0.2, -0.15) is 0 Å². The number of anilines is 2. The first-order valence-corrected chi connectivity index (χ1v) is 11.4. The van der Waals surface area contributed by atoms with Gasteiger partial charge in [-0.05, 0) is 43.3 Å². The first kappa shape index (κ1) is 20.0. The largest absolute Gasteiger partial charge is 0.325 e. The Balaban J connectivity index is 1.44. The summed E-state index contributed by atoms with van der Waals surface area (Å²) in [5.41, 5.74) is 2.91. The molecule has 2 aromatic heterocycles.